The molecule has 21 heavy (non-hydrogen) atoms. The second kappa shape index (κ2) is 6.58. The number of methoxy groups -OCH3 is 1. The molecule has 0 spiro atoms. The molecule has 4 nitrogen and oxygen atoms in total. The van der Waals surface area contributed by atoms with Crippen molar-refractivity contribution in [3.05, 3.63) is 59.7 Å². The number of carbonyl (C=O) groups excluding carboxylic acids is 1. The average molecular weight is 280 g/mol. The molecule has 2 aromatic carbocycles. The summed E-state index contributed by atoms with van der Waals surface area (Å²) < 4.78 is 4.66. The summed E-state index contributed by atoms with van der Waals surface area (Å²) >= 11 is 0. The van der Waals surface area contributed by atoms with Crippen molar-refractivity contribution < 1.29 is 9.53 Å². The van der Waals surface area contributed by atoms with Gasteiger partial charge >= 0.3 is 6.09 Å². The maximum Gasteiger partial charge on any atom is 0.409 e. The van der Waals surface area contributed by atoms with Gasteiger partial charge in [-0.2, -0.15) is 5.26 Å². The second-order valence-corrected chi connectivity index (χ2v) is 4.68. The maximum absolute atomic E-state index is 11.4. The first-order valence-electron chi connectivity index (χ1n) is 6.53. The van der Waals surface area contributed by atoms with Crippen LogP contribution in [-0.4, -0.2) is 25.2 Å². The molecule has 0 radical (unpaired) electrons. The molecule has 0 saturated carbocycles. The molecule has 2 rings (SSSR count). The van der Waals surface area contributed by atoms with E-state index in [1.54, 1.807) is 13.1 Å². The molecule has 0 aliphatic rings. The monoisotopic (exact) mass is 280 g/mol. The van der Waals surface area contributed by atoms with E-state index in [2.05, 4.69) is 10.8 Å². The molecule has 106 valence electrons. The first-order valence-corrected chi connectivity index (χ1v) is 6.53. The van der Waals surface area contributed by atoms with Crippen LogP contribution in [0.3, 0.4) is 0 Å². The molecule has 0 aliphatic heterocycles. The van der Waals surface area contributed by atoms with E-state index >= 15 is 0 Å². The lowest BCUT2D eigenvalue weighted by molar-refractivity contribution is 0.131. The van der Waals surface area contributed by atoms with E-state index in [9.17, 15) is 4.79 Å². The van der Waals surface area contributed by atoms with Gasteiger partial charge in [0.05, 0.1) is 18.7 Å². The third-order valence-electron chi connectivity index (χ3n) is 3.22. The van der Waals surface area contributed by atoms with Crippen molar-refractivity contribution in [2.75, 3.05) is 14.2 Å². The van der Waals surface area contributed by atoms with Crippen LogP contribution in [0.25, 0.3) is 11.1 Å². The number of rotatable bonds is 3. The number of nitrogens with zero attached hydrogens (tertiary/aromatic N) is 2. The Morgan fingerprint density at radius 1 is 1.19 bits per heavy atom. The Bertz CT molecular complexity index is 672. The Morgan fingerprint density at radius 2 is 1.86 bits per heavy atom. The van der Waals surface area contributed by atoms with Crippen LogP contribution < -0.4 is 0 Å². The minimum atomic E-state index is -0.367. The molecule has 0 atom stereocenters. The van der Waals surface area contributed by atoms with Crippen molar-refractivity contribution in [2.45, 2.75) is 6.54 Å². The molecule has 0 heterocycles. The normalized spacial score (nSPS) is 9.76. The molecule has 0 saturated heterocycles. The lowest BCUT2D eigenvalue weighted by atomic mass is 9.99. The summed E-state index contributed by atoms with van der Waals surface area (Å²) in [6, 6.07) is 17.5. The Balaban J connectivity index is 2.20. The lowest BCUT2D eigenvalue weighted by Gasteiger charge is -2.15. The average Bonchev–Trinajstić information content (AvgIpc) is 2.54. The van der Waals surface area contributed by atoms with E-state index in [-0.39, 0.29) is 6.09 Å². The largest absolute Gasteiger partial charge is 0.453 e. The van der Waals surface area contributed by atoms with Gasteiger partial charge in [-0.05, 0) is 22.8 Å². The van der Waals surface area contributed by atoms with Gasteiger partial charge in [0.1, 0.15) is 0 Å². The van der Waals surface area contributed by atoms with Crippen molar-refractivity contribution in [2.24, 2.45) is 0 Å². The molecule has 4 heteroatoms. The third kappa shape index (κ3) is 3.40. The SMILES string of the molecule is COC(=O)N(C)Cc1ccc(-c2ccccc2C#N)cc1. The van der Waals surface area contributed by atoms with Gasteiger partial charge in [0, 0.05) is 13.6 Å². The summed E-state index contributed by atoms with van der Waals surface area (Å²) in [6.45, 7) is 0.479. The predicted molar refractivity (Wildman–Crippen MR) is 80.5 cm³/mol. The number of nitriles is 1. The van der Waals surface area contributed by atoms with E-state index in [4.69, 9.17) is 5.26 Å². The zero-order chi connectivity index (χ0) is 15.2. The van der Waals surface area contributed by atoms with E-state index in [0.717, 1.165) is 16.7 Å². The first-order chi connectivity index (χ1) is 10.2. The van der Waals surface area contributed by atoms with Gasteiger partial charge in [-0.25, -0.2) is 4.79 Å². The predicted octanol–water partition coefficient (Wildman–Crippen LogP) is 3.42. The fraction of sp³-hybridized carbons (Fsp3) is 0.176. The zero-order valence-corrected chi connectivity index (χ0v) is 12.0. The smallest absolute Gasteiger partial charge is 0.409 e. The fourth-order valence-corrected chi connectivity index (χ4v) is 2.12. The Hall–Kier alpha value is -2.80. The van der Waals surface area contributed by atoms with E-state index < -0.39 is 0 Å². The summed E-state index contributed by atoms with van der Waals surface area (Å²) in [4.78, 5) is 12.9. The summed E-state index contributed by atoms with van der Waals surface area (Å²) in [5.41, 5.74) is 3.54. The Kier molecular flexibility index (Phi) is 4.57. The highest BCUT2D eigenvalue weighted by molar-refractivity contribution is 5.70. The van der Waals surface area contributed by atoms with Gasteiger partial charge in [-0.15, -0.1) is 0 Å². The van der Waals surface area contributed by atoms with Crippen molar-refractivity contribution in [1.29, 1.82) is 5.26 Å². The van der Waals surface area contributed by atoms with Gasteiger partial charge in [0.2, 0.25) is 0 Å². The molecule has 0 bridgehead atoms. The first kappa shape index (κ1) is 14.6. The van der Waals surface area contributed by atoms with Crippen LogP contribution in [0.5, 0.6) is 0 Å². The quantitative estimate of drug-likeness (QED) is 0.865. The fourth-order valence-electron chi connectivity index (χ4n) is 2.12. The number of amides is 1. The standard InChI is InChI=1S/C17H16N2O2/c1-19(17(20)21-2)12-13-7-9-14(10-8-13)16-6-4-3-5-15(16)11-18/h3-10H,12H2,1-2H3. The molecular weight excluding hydrogens is 264 g/mol. The van der Waals surface area contributed by atoms with E-state index in [1.807, 2.05) is 42.5 Å². The summed E-state index contributed by atoms with van der Waals surface area (Å²) in [7, 11) is 3.05. The topological polar surface area (TPSA) is 53.3 Å². The van der Waals surface area contributed by atoms with Gasteiger partial charge in [-0.1, -0.05) is 42.5 Å². The Labute approximate surface area is 124 Å². The molecule has 2 aromatic rings. The minimum absolute atomic E-state index is 0.367. The molecule has 1 amide bonds. The number of carbonyl (C=O) groups is 1. The van der Waals surface area contributed by atoms with Crippen LogP contribution in [0.1, 0.15) is 11.1 Å². The number of ether oxygens (including phenoxy) is 1. The molecular formula is C17H16N2O2. The van der Waals surface area contributed by atoms with Gasteiger partial charge in [-0.3, -0.25) is 0 Å². The van der Waals surface area contributed by atoms with E-state index in [0.29, 0.717) is 12.1 Å². The van der Waals surface area contributed by atoms with Crippen molar-refractivity contribution in [3.63, 3.8) is 0 Å². The molecule has 0 aliphatic carbocycles. The highest BCUT2D eigenvalue weighted by Gasteiger charge is 2.09. The number of hydrogen-bond donors (Lipinski definition) is 0. The number of benzene rings is 2. The Morgan fingerprint density at radius 3 is 2.48 bits per heavy atom. The van der Waals surface area contributed by atoms with Crippen LogP contribution in [0.4, 0.5) is 4.79 Å². The van der Waals surface area contributed by atoms with Crippen molar-refractivity contribution in [3.8, 4) is 17.2 Å². The lowest BCUT2D eigenvalue weighted by Crippen LogP contribution is -2.25. The van der Waals surface area contributed by atoms with Crippen LogP contribution in [0.2, 0.25) is 0 Å². The summed E-state index contributed by atoms with van der Waals surface area (Å²) in [5.74, 6) is 0. The maximum atomic E-state index is 11.4. The van der Waals surface area contributed by atoms with Gasteiger partial charge < -0.3 is 9.64 Å². The zero-order valence-electron chi connectivity index (χ0n) is 12.0. The van der Waals surface area contributed by atoms with Gasteiger partial charge in [0.15, 0.2) is 0 Å². The molecule has 0 N–H and O–H groups in total. The third-order valence-corrected chi connectivity index (χ3v) is 3.22. The summed E-state index contributed by atoms with van der Waals surface area (Å²) in [6.07, 6.45) is -0.367. The highest BCUT2D eigenvalue weighted by Crippen LogP contribution is 2.23. The number of hydrogen-bond acceptors (Lipinski definition) is 3. The van der Waals surface area contributed by atoms with Crippen LogP contribution in [0.15, 0.2) is 48.5 Å². The molecule has 0 unspecified atom stereocenters. The van der Waals surface area contributed by atoms with Crippen LogP contribution in [-0.2, 0) is 11.3 Å². The highest BCUT2D eigenvalue weighted by atomic mass is 16.5. The minimum Gasteiger partial charge on any atom is -0.453 e. The molecule has 0 fully saturated rings. The molecule has 0 aromatic heterocycles. The summed E-state index contributed by atoms with van der Waals surface area (Å²) in [5, 5.41) is 9.13. The van der Waals surface area contributed by atoms with Crippen molar-refractivity contribution >= 4 is 6.09 Å². The van der Waals surface area contributed by atoms with Crippen molar-refractivity contribution in [1.82, 2.24) is 4.90 Å². The van der Waals surface area contributed by atoms with Gasteiger partial charge in [0.25, 0.3) is 0 Å². The van der Waals surface area contributed by atoms with E-state index in [1.165, 1.54) is 12.0 Å². The van der Waals surface area contributed by atoms with Crippen LogP contribution in [0, 0.1) is 11.3 Å². The second-order valence-electron chi connectivity index (χ2n) is 4.68. The van der Waals surface area contributed by atoms with Crippen LogP contribution >= 0.6 is 0 Å².